The summed E-state index contributed by atoms with van der Waals surface area (Å²) in [6.07, 6.45) is 0.717. The van der Waals surface area contributed by atoms with Gasteiger partial charge in [0, 0.05) is 24.6 Å². The molecule has 0 aliphatic rings. The molecule has 0 aromatic heterocycles. The lowest BCUT2D eigenvalue weighted by Gasteiger charge is -2.34. The zero-order chi connectivity index (χ0) is 34.0. The van der Waals surface area contributed by atoms with Gasteiger partial charge in [-0.15, -0.1) is 0 Å². The zero-order valence-corrected chi connectivity index (χ0v) is 27.4. The van der Waals surface area contributed by atoms with Gasteiger partial charge in [0.25, 0.3) is 10.0 Å². The zero-order valence-electron chi connectivity index (χ0n) is 26.6. The maximum Gasteiger partial charge on any atom is 0.264 e. The van der Waals surface area contributed by atoms with Crippen LogP contribution in [0.25, 0.3) is 0 Å². The van der Waals surface area contributed by atoms with Gasteiger partial charge < -0.3 is 15.0 Å². The van der Waals surface area contributed by atoms with Crippen molar-refractivity contribution in [1.29, 1.82) is 0 Å². The van der Waals surface area contributed by atoms with Gasteiger partial charge in [0.1, 0.15) is 30.0 Å². The SMILES string of the molecule is CCOc1ccc(S(=O)(=O)N(CC(=O)N(Cc2ccccc2F)[C@H](Cc2ccccc2)C(=O)N[C@@H](C)CC)c2ccc(F)cc2)cc1. The summed E-state index contributed by atoms with van der Waals surface area (Å²) < 4.78 is 63.5. The molecular formula is C36H39F2N3O5S. The Hall–Kier alpha value is -4.77. The highest BCUT2D eigenvalue weighted by molar-refractivity contribution is 7.92. The molecule has 4 aromatic carbocycles. The predicted octanol–water partition coefficient (Wildman–Crippen LogP) is 6.11. The van der Waals surface area contributed by atoms with Crippen LogP contribution in [0.5, 0.6) is 5.75 Å². The molecule has 1 N–H and O–H groups in total. The van der Waals surface area contributed by atoms with Crippen molar-refractivity contribution in [2.24, 2.45) is 0 Å². The molecule has 4 rings (SSSR count). The van der Waals surface area contributed by atoms with Crippen LogP contribution in [0.3, 0.4) is 0 Å². The van der Waals surface area contributed by atoms with E-state index in [-0.39, 0.29) is 35.2 Å². The van der Waals surface area contributed by atoms with E-state index in [1.165, 1.54) is 59.5 Å². The van der Waals surface area contributed by atoms with Gasteiger partial charge in [-0.05, 0) is 80.4 Å². The van der Waals surface area contributed by atoms with E-state index in [0.717, 1.165) is 22.0 Å². The standard InChI is InChI=1S/C36H39F2N3O5S/c1-4-26(3)39-36(43)34(23-27-11-7-6-8-12-27)40(24-28-13-9-10-14-33(28)38)35(42)25-41(30-17-15-29(37)16-18-30)47(44,45)32-21-19-31(20-22-32)46-5-2/h6-22,26,34H,4-5,23-25H2,1-3H3,(H,39,43)/t26-,34+/m0/s1. The fourth-order valence-electron chi connectivity index (χ4n) is 4.94. The van der Waals surface area contributed by atoms with Crippen molar-refractivity contribution in [3.63, 3.8) is 0 Å². The third-order valence-electron chi connectivity index (χ3n) is 7.69. The molecule has 0 heterocycles. The van der Waals surface area contributed by atoms with Gasteiger partial charge in [-0.1, -0.05) is 55.5 Å². The second-order valence-corrected chi connectivity index (χ2v) is 12.9. The van der Waals surface area contributed by atoms with Crippen LogP contribution < -0.4 is 14.4 Å². The summed E-state index contributed by atoms with van der Waals surface area (Å²) in [5, 5.41) is 2.94. The van der Waals surface area contributed by atoms with Gasteiger partial charge in [0.15, 0.2) is 0 Å². The number of carbonyl (C=O) groups excluding carboxylic acids is 2. The number of rotatable bonds is 15. The molecule has 4 aromatic rings. The van der Waals surface area contributed by atoms with E-state index >= 15 is 4.39 Å². The number of nitrogens with zero attached hydrogens (tertiary/aromatic N) is 2. The monoisotopic (exact) mass is 663 g/mol. The van der Waals surface area contributed by atoms with Crippen LogP contribution in [0.15, 0.2) is 108 Å². The fraction of sp³-hybridized carbons (Fsp3) is 0.278. The number of hydrogen-bond acceptors (Lipinski definition) is 5. The molecule has 0 radical (unpaired) electrons. The Morgan fingerprint density at radius 2 is 1.49 bits per heavy atom. The maximum absolute atomic E-state index is 15.0. The number of benzene rings is 4. The first-order valence-electron chi connectivity index (χ1n) is 15.4. The molecule has 0 saturated heterocycles. The molecule has 0 spiro atoms. The maximum atomic E-state index is 15.0. The molecule has 11 heteroatoms. The molecule has 0 bridgehead atoms. The van der Waals surface area contributed by atoms with E-state index in [9.17, 15) is 22.4 Å². The quantitative estimate of drug-likeness (QED) is 0.166. The van der Waals surface area contributed by atoms with Crippen LogP contribution in [0.2, 0.25) is 0 Å². The van der Waals surface area contributed by atoms with E-state index < -0.39 is 46.1 Å². The Morgan fingerprint density at radius 3 is 2.11 bits per heavy atom. The van der Waals surface area contributed by atoms with Gasteiger partial charge in [-0.25, -0.2) is 17.2 Å². The van der Waals surface area contributed by atoms with Crippen LogP contribution in [0.1, 0.15) is 38.3 Å². The minimum absolute atomic E-state index is 0.0307. The van der Waals surface area contributed by atoms with Crippen molar-refractivity contribution >= 4 is 27.5 Å². The van der Waals surface area contributed by atoms with Crippen molar-refractivity contribution in [2.75, 3.05) is 17.5 Å². The predicted molar refractivity (Wildman–Crippen MR) is 177 cm³/mol. The number of ether oxygens (including phenoxy) is 1. The summed E-state index contributed by atoms with van der Waals surface area (Å²) in [7, 11) is -4.40. The van der Waals surface area contributed by atoms with Crippen LogP contribution >= 0.6 is 0 Å². The summed E-state index contributed by atoms with van der Waals surface area (Å²) >= 11 is 0. The lowest BCUT2D eigenvalue weighted by atomic mass is 10.0. The molecule has 2 amide bonds. The molecule has 0 aliphatic carbocycles. The normalized spacial score (nSPS) is 12.5. The molecule has 0 fully saturated rings. The first kappa shape index (κ1) is 35.1. The van der Waals surface area contributed by atoms with Crippen LogP contribution in [0.4, 0.5) is 14.5 Å². The highest BCUT2D eigenvalue weighted by Gasteiger charge is 2.35. The molecular weight excluding hydrogens is 624 g/mol. The number of hydrogen-bond donors (Lipinski definition) is 1. The largest absolute Gasteiger partial charge is 0.494 e. The van der Waals surface area contributed by atoms with Gasteiger partial charge in [0.05, 0.1) is 17.2 Å². The molecule has 2 atom stereocenters. The molecule has 0 saturated carbocycles. The van der Waals surface area contributed by atoms with Crippen LogP contribution in [-0.2, 0) is 32.6 Å². The lowest BCUT2D eigenvalue weighted by molar-refractivity contribution is -0.140. The van der Waals surface area contributed by atoms with E-state index in [1.54, 1.807) is 13.0 Å². The van der Waals surface area contributed by atoms with Gasteiger partial charge >= 0.3 is 0 Å². The molecule has 248 valence electrons. The number of anilines is 1. The molecule has 47 heavy (non-hydrogen) atoms. The molecule has 8 nitrogen and oxygen atoms in total. The highest BCUT2D eigenvalue weighted by Crippen LogP contribution is 2.27. The van der Waals surface area contributed by atoms with E-state index in [1.807, 2.05) is 44.2 Å². The summed E-state index contributed by atoms with van der Waals surface area (Å²) in [6.45, 7) is 4.86. The van der Waals surface area contributed by atoms with Crippen molar-refractivity contribution in [3.8, 4) is 5.75 Å². The molecule has 0 unspecified atom stereocenters. The lowest BCUT2D eigenvalue weighted by Crippen LogP contribution is -2.54. The van der Waals surface area contributed by atoms with Crippen LogP contribution in [-0.4, -0.2) is 50.4 Å². The average Bonchev–Trinajstić information content (AvgIpc) is 3.07. The number of nitrogens with one attached hydrogen (secondary N) is 1. The van der Waals surface area contributed by atoms with Gasteiger partial charge in [-0.2, -0.15) is 0 Å². The van der Waals surface area contributed by atoms with Crippen molar-refractivity contribution < 1.29 is 31.5 Å². The second-order valence-electron chi connectivity index (χ2n) is 11.0. The van der Waals surface area contributed by atoms with Gasteiger partial charge in [0.2, 0.25) is 11.8 Å². The van der Waals surface area contributed by atoms with Crippen molar-refractivity contribution in [1.82, 2.24) is 10.2 Å². The first-order valence-corrected chi connectivity index (χ1v) is 16.9. The smallest absolute Gasteiger partial charge is 0.264 e. The van der Waals surface area contributed by atoms with Crippen LogP contribution in [0, 0.1) is 11.6 Å². The Kier molecular flexibility index (Phi) is 12.1. The Morgan fingerprint density at radius 1 is 0.851 bits per heavy atom. The number of halogens is 2. The molecule has 0 aliphatic heterocycles. The topological polar surface area (TPSA) is 96.0 Å². The summed E-state index contributed by atoms with van der Waals surface area (Å²) in [5.74, 6) is -1.93. The first-order chi connectivity index (χ1) is 22.5. The Bertz CT molecular complexity index is 1740. The van der Waals surface area contributed by atoms with Crippen molar-refractivity contribution in [2.45, 2.75) is 57.1 Å². The third-order valence-corrected chi connectivity index (χ3v) is 9.47. The Labute approximate surface area is 275 Å². The van der Waals surface area contributed by atoms with E-state index in [2.05, 4.69) is 5.32 Å². The van der Waals surface area contributed by atoms with E-state index in [4.69, 9.17) is 4.74 Å². The number of sulfonamides is 1. The minimum Gasteiger partial charge on any atom is -0.494 e. The minimum atomic E-state index is -4.40. The van der Waals surface area contributed by atoms with E-state index in [0.29, 0.717) is 18.8 Å². The highest BCUT2D eigenvalue weighted by atomic mass is 32.2. The number of carbonyl (C=O) groups is 2. The second kappa shape index (κ2) is 16.2. The fourth-order valence-corrected chi connectivity index (χ4v) is 6.36. The van der Waals surface area contributed by atoms with Crippen molar-refractivity contribution in [3.05, 3.63) is 126 Å². The summed E-state index contributed by atoms with van der Waals surface area (Å²) in [4.78, 5) is 29.4. The Balaban J connectivity index is 1.80. The summed E-state index contributed by atoms with van der Waals surface area (Å²) in [6, 6.07) is 24.0. The van der Waals surface area contributed by atoms with Gasteiger partial charge in [-0.3, -0.25) is 13.9 Å². The number of amides is 2. The summed E-state index contributed by atoms with van der Waals surface area (Å²) in [5.41, 5.74) is 0.932. The average molecular weight is 664 g/mol. The third kappa shape index (κ3) is 9.16.